The Morgan fingerprint density at radius 2 is 2.00 bits per heavy atom. The lowest BCUT2D eigenvalue weighted by Crippen LogP contribution is -2.21. The highest BCUT2D eigenvalue weighted by atomic mass is 19.1. The predicted octanol–water partition coefficient (Wildman–Crippen LogP) is 1.23. The van der Waals surface area contributed by atoms with Gasteiger partial charge in [-0.25, -0.2) is 4.39 Å². The van der Waals surface area contributed by atoms with Gasteiger partial charge < -0.3 is 15.9 Å². The van der Waals surface area contributed by atoms with Crippen LogP contribution in [0.2, 0.25) is 0 Å². The van der Waals surface area contributed by atoms with Gasteiger partial charge in [-0.3, -0.25) is 0 Å². The van der Waals surface area contributed by atoms with Gasteiger partial charge in [-0.2, -0.15) is 0 Å². The lowest BCUT2D eigenvalue weighted by molar-refractivity contribution is 0.387. The van der Waals surface area contributed by atoms with E-state index in [0.29, 0.717) is 6.54 Å². The number of phenolic OH excluding ortho intramolecular Hbond substituents is 2. The summed E-state index contributed by atoms with van der Waals surface area (Å²) in [7, 11) is 0. The number of aromatic hydroxyl groups is 2. The SMILES string of the molecule is NCC1(c2c(F)ccc(O)c2O)CC1. The fourth-order valence-electron chi connectivity index (χ4n) is 1.77. The summed E-state index contributed by atoms with van der Waals surface area (Å²) in [6.07, 6.45) is 1.52. The van der Waals surface area contributed by atoms with Crippen molar-refractivity contribution in [1.82, 2.24) is 0 Å². The number of hydrogen-bond acceptors (Lipinski definition) is 3. The third-order valence-corrected chi connectivity index (χ3v) is 2.88. The van der Waals surface area contributed by atoms with Crippen molar-refractivity contribution in [2.24, 2.45) is 5.73 Å². The van der Waals surface area contributed by atoms with Gasteiger partial charge in [-0.15, -0.1) is 0 Å². The molecule has 1 aliphatic rings. The first-order valence-electron chi connectivity index (χ1n) is 4.52. The van der Waals surface area contributed by atoms with E-state index in [1.54, 1.807) is 0 Å². The van der Waals surface area contributed by atoms with Gasteiger partial charge in [0.1, 0.15) is 5.82 Å². The third-order valence-electron chi connectivity index (χ3n) is 2.88. The smallest absolute Gasteiger partial charge is 0.164 e. The molecule has 2 rings (SSSR count). The molecule has 14 heavy (non-hydrogen) atoms. The molecular weight excluding hydrogens is 185 g/mol. The zero-order valence-corrected chi connectivity index (χ0v) is 7.63. The Morgan fingerprint density at radius 1 is 1.36 bits per heavy atom. The summed E-state index contributed by atoms with van der Waals surface area (Å²) in [5, 5.41) is 18.8. The largest absolute Gasteiger partial charge is 0.504 e. The van der Waals surface area contributed by atoms with Crippen LogP contribution in [0.3, 0.4) is 0 Å². The van der Waals surface area contributed by atoms with Gasteiger partial charge in [0.05, 0.1) is 0 Å². The average molecular weight is 197 g/mol. The normalized spacial score (nSPS) is 18.1. The molecule has 0 aliphatic heterocycles. The molecule has 0 spiro atoms. The van der Waals surface area contributed by atoms with Crippen molar-refractivity contribution in [3.05, 3.63) is 23.5 Å². The molecular formula is C10H12FNO2. The van der Waals surface area contributed by atoms with E-state index < -0.39 is 11.2 Å². The van der Waals surface area contributed by atoms with Crippen molar-refractivity contribution in [3.8, 4) is 11.5 Å². The topological polar surface area (TPSA) is 66.5 Å². The fraction of sp³-hybridized carbons (Fsp3) is 0.400. The molecule has 1 saturated carbocycles. The summed E-state index contributed by atoms with van der Waals surface area (Å²) in [4.78, 5) is 0. The molecule has 0 unspecified atom stereocenters. The van der Waals surface area contributed by atoms with Crippen LogP contribution < -0.4 is 5.73 Å². The second-order valence-corrected chi connectivity index (χ2v) is 3.77. The van der Waals surface area contributed by atoms with Crippen molar-refractivity contribution in [3.63, 3.8) is 0 Å². The number of rotatable bonds is 2. The van der Waals surface area contributed by atoms with Crippen molar-refractivity contribution >= 4 is 0 Å². The van der Waals surface area contributed by atoms with Gasteiger partial charge in [-0.05, 0) is 25.0 Å². The maximum Gasteiger partial charge on any atom is 0.164 e. The second-order valence-electron chi connectivity index (χ2n) is 3.77. The summed E-state index contributed by atoms with van der Waals surface area (Å²) >= 11 is 0. The maximum absolute atomic E-state index is 13.4. The lowest BCUT2D eigenvalue weighted by Gasteiger charge is -2.16. The number of nitrogens with two attached hydrogens (primary N) is 1. The zero-order chi connectivity index (χ0) is 10.3. The summed E-state index contributed by atoms with van der Waals surface area (Å²) in [6.45, 7) is 0.293. The highest BCUT2D eigenvalue weighted by molar-refractivity contribution is 5.51. The van der Waals surface area contributed by atoms with Gasteiger partial charge in [0.15, 0.2) is 11.5 Å². The van der Waals surface area contributed by atoms with Crippen LogP contribution in [0.15, 0.2) is 12.1 Å². The van der Waals surface area contributed by atoms with Crippen LogP contribution in [0.5, 0.6) is 11.5 Å². The molecule has 0 amide bonds. The van der Waals surface area contributed by atoms with Crippen LogP contribution in [0, 0.1) is 5.82 Å². The quantitative estimate of drug-likeness (QED) is 0.624. The minimum absolute atomic E-state index is 0.167. The fourth-order valence-corrected chi connectivity index (χ4v) is 1.77. The highest BCUT2D eigenvalue weighted by Crippen LogP contribution is 2.52. The van der Waals surface area contributed by atoms with Crippen LogP contribution in [-0.2, 0) is 5.41 Å². The second kappa shape index (κ2) is 2.85. The van der Waals surface area contributed by atoms with Crippen LogP contribution >= 0.6 is 0 Å². The molecule has 0 atom stereocenters. The standard InChI is InChI=1S/C10H12FNO2/c11-6-1-2-7(13)9(14)8(6)10(5-12)3-4-10/h1-2,13-14H,3-5,12H2. The van der Waals surface area contributed by atoms with Crippen LogP contribution in [0.1, 0.15) is 18.4 Å². The van der Waals surface area contributed by atoms with E-state index >= 15 is 0 Å². The molecule has 0 aromatic heterocycles. The minimum atomic E-state index is -0.497. The Labute approximate surface area is 81.0 Å². The van der Waals surface area contributed by atoms with Gasteiger partial charge >= 0.3 is 0 Å². The first-order valence-corrected chi connectivity index (χ1v) is 4.52. The van der Waals surface area contributed by atoms with Crippen LogP contribution in [0.4, 0.5) is 4.39 Å². The summed E-state index contributed by atoms with van der Waals surface area (Å²) < 4.78 is 13.4. The Hall–Kier alpha value is -1.29. The number of hydrogen-bond donors (Lipinski definition) is 3. The minimum Gasteiger partial charge on any atom is -0.504 e. The van der Waals surface area contributed by atoms with Crippen LogP contribution in [0.25, 0.3) is 0 Å². The average Bonchev–Trinajstić information content (AvgIpc) is 2.93. The summed E-state index contributed by atoms with van der Waals surface area (Å²) in [5.41, 5.74) is 5.24. The molecule has 0 heterocycles. The van der Waals surface area contributed by atoms with Gasteiger partial charge in [0, 0.05) is 17.5 Å². The van der Waals surface area contributed by atoms with E-state index in [0.717, 1.165) is 25.0 Å². The lowest BCUT2D eigenvalue weighted by atomic mass is 9.94. The first-order chi connectivity index (χ1) is 6.60. The zero-order valence-electron chi connectivity index (χ0n) is 7.63. The van der Waals surface area contributed by atoms with E-state index in [1.807, 2.05) is 0 Å². The van der Waals surface area contributed by atoms with Crippen LogP contribution in [-0.4, -0.2) is 16.8 Å². The number of halogens is 1. The number of phenols is 2. The molecule has 1 aromatic rings. The highest BCUT2D eigenvalue weighted by Gasteiger charge is 2.47. The molecule has 1 fully saturated rings. The van der Waals surface area contributed by atoms with E-state index in [-0.39, 0.29) is 17.1 Å². The van der Waals surface area contributed by atoms with Crippen molar-refractivity contribution in [2.45, 2.75) is 18.3 Å². The Balaban J connectivity index is 2.57. The Kier molecular flexibility index (Phi) is 1.89. The first kappa shape index (κ1) is 9.27. The molecule has 0 bridgehead atoms. The molecule has 3 nitrogen and oxygen atoms in total. The summed E-state index contributed by atoms with van der Waals surface area (Å²) in [5.74, 6) is -1.16. The van der Waals surface area contributed by atoms with Crippen molar-refractivity contribution in [1.29, 1.82) is 0 Å². The van der Waals surface area contributed by atoms with Crippen molar-refractivity contribution < 1.29 is 14.6 Å². The van der Waals surface area contributed by atoms with E-state index in [9.17, 15) is 14.6 Å². The monoisotopic (exact) mass is 197 g/mol. The molecule has 4 N–H and O–H groups in total. The van der Waals surface area contributed by atoms with Crippen molar-refractivity contribution in [2.75, 3.05) is 6.54 Å². The third kappa shape index (κ3) is 1.14. The Bertz CT molecular complexity index is 375. The van der Waals surface area contributed by atoms with E-state index in [4.69, 9.17) is 5.73 Å². The van der Waals surface area contributed by atoms with Gasteiger partial charge in [0.2, 0.25) is 0 Å². The molecule has 76 valence electrons. The molecule has 1 aromatic carbocycles. The molecule has 1 aliphatic carbocycles. The summed E-state index contributed by atoms with van der Waals surface area (Å²) in [6, 6.07) is 2.29. The van der Waals surface area contributed by atoms with Gasteiger partial charge in [-0.1, -0.05) is 0 Å². The molecule has 0 saturated heterocycles. The van der Waals surface area contributed by atoms with E-state index in [1.165, 1.54) is 0 Å². The molecule has 0 radical (unpaired) electrons. The number of benzene rings is 1. The molecule has 4 heteroatoms. The van der Waals surface area contributed by atoms with Gasteiger partial charge in [0.25, 0.3) is 0 Å². The Morgan fingerprint density at radius 3 is 2.50 bits per heavy atom. The maximum atomic E-state index is 13.4. The van der Waals surface area contributed by atoms with E-state index in [2.05, 4.69) is 0 Å². The predicted molar refractivity (Wildman–Crippen MR) is 49.7 cm³/mol.